The van der Waals surface area contributed by atoms with Gasteiger partial charge in [0.2, 0.25) is 0 Å². The van der Waals surface area contributed by atoms with Crippen molar-refractivity contribution in [3.05, 3.63) is 222 Å². The summed E-state index contributed by atoms with van der Waals surface area (Å²) in [5, 5.41) is 0. The third-order valence-electron chi connectivity index (χ3n) is 11.5. The molecule has 2 nitrogen and oxygen atoms in total. The van der Waals surface area contributed by atoms with Crippen molar-refractivity contribution >= 4 is 77.9 Å². The first-order valence-corrected chi connectivity index (χ1v) is 19.7. The van der Waals surface area contributed by atoms with E-state index in [1.165, 1.54) is 11.1 Å². The number of allylic oxidation sites excluding steroid dienone is 6. The number of hydrogen-bond donors (Lipinski definition) is 0. The lowest BCUT2D eigenvalue weighted by molar-refractivity contribution is -0.118. The number of rotatable bonds is 2. The maximum atomic E-state index is 13.9. The van der Waals surface area contributed by atoms with Gasteiger partial charge in [0, 0.05) is 0 Å². The Hall–Kier alpha value is -5.42. The molecule has 6 aromatic carbocycles. The number of hydrogen-bond acceptors (Lipinski definition) is 2. The van der Waals surface area contributed by atoms with E-state index in [9.17, 15) is 9.59 Å². The first-order chi connectivity index (χ1) is 26.3. The molecule has 10 rings (SSSR count). The number of halogens is 2. The summed E-state index contributed by atoms with van der Waals surface area (Å²) in [6.07, 6.45) is 3.89. The lowest BCUT2D eigenvalue weighted by Crippen LogP contribution is -2.39. The standard InChI is InChI=1S/2C25H17BrO/c2*1-16-19-12-6-8-14-21(19)25(23(16)17-9-3-2-4-10-17)20-13-7-5-11-18(20)15-22(26)24(25)27/h2*2-15H,1H3/t2*25-/m00/s1. The van der Waals surface area contributed by atoms with Crippen molar-refractivity contribution < 1.29 is 9.59 Å². The highest BCUT2D eigenvalue weighted by Crippen LogP contribution is 2.60. The van der Waals surface area contributed by atoms with Crippen LogP contribution in [0.25, 0.3) is 34.4 Å². The lowest BCUT2D eigenvalue weighted by atomic mass is 9.63. The van der Waals surface area contributed by atoms with E-state index in [4.69, 9.17) is 0 Å². The van der Waals surface area contributed by atoms with Crippen LogP contribution in [-0.2, 0) is 20.4 Å². The molecule has 4 aliphatic rings. The highest BCUT2D eigenvalue weighted by Gasteiger charge is 2.55. The molecule has 0 amide bonds. The van der Waals surface area contributed by atoms with E-state index in [2.05, 4.69) is 119 Å². The Morgan fingerprint density at radius 1 is 0.389 bits per heavy atom. The van der Waals surface area contributed by atoms with Gasteiger partial charge in [-0.15, -0.1) is 0 Å². The lowest BCUT2D eigenvalue weighted by Gasteiger charge is -2.37. The van der Waals surface area contributed by atoms with Gasteiger partial charge in [-0.2, -0.15) is 0 Å². The molecule has 2 spiro atoms. The van der Waals surface area contributed by atoms with E-state index in [1.54, 1.807) is 0 Å². The number of fused-ring (bicyclic) bond motifs is 8. The Kier molecular flexibility index (Phi) is 8.37. The predicted molar refractivity (Wildman–Crippen MR) is 229 cm³/mol. The van der Waals surface area contributed by atoms with E-state index >= 15 is 0 Å². The summed E-state index contributed by atoms with van der Waals surface area (Å²) < 4.78 is 1.25. The van der Waals surface area contributed by atoms with Gasteiger partial charge in [0.05, 0.1) is 8.96 Å². The fourth-order valence-electron chi connectivity index (χ4n) is 9.42. The molecule has 4 heteroatoms. The monoisotopic (exact) mass is 824 g/mol. The number of ketones is 2. The highest BCUT2D eigenvalue weighted by atomic mass is 79.9. The summed E-state index contributed by atoms with van der Waals surface area (Å²) in [6.45, 7) is 4.27. The quantitative estimate of drug-likeness (QED) is 0.174. The van der Waals surface area contributed by atoms with Crippen LogP contribution in [0.3, 0.4) is 0 Å². The SMILES string of the molecule is CC1=C(c2ccccc2)[C@@]2(C(=O)C(Br)=Cc3ccccc32)c2ccccc21.CC1=C(c2ccccc2)[C@@]2(C(=O)C(Br)=Cc3ccccc32)c2ccccc21. The molecule has 54 heavy (non-hydrogen) atoms. The van der Waals surface area contributed by atoms with Crippen molar-refractivity contribution in [2.75, 3.05) is 0 Å². The van der Waals surface area contributed by atoms with Gasteiger partial charge in [-0.1, -0.05) is 158 Å². The van der Waals surface area contributed by atoms with Crippen molar-refractivity contribution in [1.29, 1.82) is 0 Å². The van der Waals surface area contributed by atoms with E-state index in [0.29, 0.717) is 8.96 Å². The zero-order valence-corrected chi connectivity index (χ0v) is 32.9. The summed E-state index contributed by atoms with van der Waals surface area (Å²) in [4.78, 5) is 27.7. The second-order valence-corrected chi connectivity index (χ2v) is 15.8. The van der Waals surface area contributed by atoms with Gasteiger partial charge in [-0.25, -0.2) is 0 Å². The van der Waals surface area contributed by atoms with Gasteiger partial charge in [-0.3, -0.25) is 9.59 Å². The zero-order valence-electron chi connectivity index (χ0n) is 29.7. The fourth-order valence-corrected chi connectivity index (χ4v) is 10.5. The molecule has 0 fully saturated rings. The number of carbonyl (C=O) groups is 2. The minimum Gasteiger partial charge on any atom is -0.292 e. The molecule has 0 heterocycles. The fraction of sp³-hybridized carbons (Fsp3) is 0.0800. The van der Waals surface area contributed by atoms with Gasteiger partial charge in [-0.05, 0) is 136 Å². The molecule has 2 atom stereocenters. The van der Waals surface area contributed by atoms with E-state index in [0.717, 1.165) is 66.8 Å². The minimum absolute atomic E-state index is 0.101. The molecule has 4 aliphatic carbocycles. The van der Waals surface area contributed by atoms with Gasteiger partial charge in [0.25, 0.3) is 0 Å². The second kappa shape index (κ2) is 13.2. The second-order valence-electron chi connectivity index (χ2n) is 14.1. The van der Waals surface area contributed by atoms with Crippen molar-refractivity contribution in [2.24, 2.45) is 0 Å². The van der Waals surface area contributed by atoms with Crippen molar-refractivity contribution in [1.82, 2.24) is 0 Å². The van der Waals surface area contributed by atoms with Crippen LogP contribution in [0.5, 0.6) is 0 Å². The molecule has 0 unspecified atom stereocenters. The Morgan fingerprint density at radius 2 is 0.704 bits per heavy atom. The van der Waals surface area contributed by atoms with Crippen molar-refractivity contribution in [3.63, 3.8) is 0 Å². The molecule has 0 aliphatic heterocycles. The molecular weight excluding hydrogens is 792 g/mol. The largest absolute Gasteiger partial charge is 0.292 e. The first-order valence-electron chi connectivity index (χ1n) is 18.1. The molecular formula is C50H34Br2O2. The summed E-state index contributed by atoms with van der Waals surface area (Å²) >= 11 is 7.14. The average molecular weight is 827 g/mol. The average Bonchev–Trinajstić information content (AvgIpc) is 3.63. The highest BCUT2D eigenvalue weighted by molar-refractivity contribution is 9.12. The summed E-state index contributed by atoms with van der Waals surface area (Å²) in [5.41, 5.74) is 13.8. The smallest absolute Gasteiger partial charge is 0.189 e. The third-order valence-corrected chi connectivity index (χ3v) is 12.7. The van der Waals surface area contributed by atoms with Crippen LogP contribution in [0, 0.1) is 0 Å². The maximum Gasteiger partial charge on any atom is 0.189 e. The minimum atomic E-state index is -0.813. The molecule has 0 radical (unpaired) electrons. The number of Topliss-reactive ketones (excluding diaryl/α,β-unsaturated/α-hetero) is 2. The molecule has 260 valence electrons. The summed E-state index contributed by atoms with van der Waals surface area (Å²) in [5.74, 6) is 0.203. The summed E-state index contributed by atoms with van der Waals surface area (Å²) in [6, 6.07) is 53.7. The third kappa shape index (κ3) is 4.76. The molecule has 0 bridgehead atoms. The topological polar surface area (TPSA) is 34.1 Å². The van der Waals surface area contributed by atoms with E-state index < -0.39 is 10.8 Å². The van der Waals surface area contributed by atoms with Crippen LogP contribution in [-0.4, -0.2) is 11.6 Å². The molecule has 0 saturated carbocycles. The number of carbonyl (C=O) groups excluding carboxylic acids is 2. The number of benzene rings is 6. The van der Waals surface area contributed by atoms with Gasteiger partial charge in [0.15, 0.2) is 11.6 Å². The van der Waals surface area contributed by atoms with Gasteiger partial charge < -0.3 is 0 Å². The zero-order chi connectivity index (χ0) is 37.2. The van der Waals surface area contributed by atoms with Crippen LogP contribution in [0.2, 0.25) is 0 Å². The van der Waals surface area contributed by atoms with Crippen LogP contribution in [0.4, 0.5) is 0 Å². The van der Waals surface area contributed by atoms with Crippen LogP contribution >= 0.6 is 31.9 Å². The van der Waals surface area contributed by atoms with Gasteiger partial charge >= 0.3 is 0 Å². The Balaban J connectivity index is 0.000000142. The molecule has 6 aromatic rings. The van der Waals surface area contributed by atoms with Crippen LogP contribution in [0.15, 0.2) is 167 Å². The van der Waals surface area contributed by atoms with E-state index in [1.807, 2.05) is 97.1 Å². The van der Waals surface area contributed by atoms with Crippen molar-refractivity contribution in [2.45, 2.75) is 24.7 Å². The molecule has 0 saturated heterocycles. The van der Waals surface area contributed by atoms with Crippen molar-refractivity contribution in [3.8, 4) is 0 Å². The normalized spacial score (nSPS) is 20.5. The maximum absolute atomic E-state index is 13.9. The molecule has 0 aromatic heterocycles. The Morgan fingerprint density at radius 3 is 1.09 bits per heavy atom. The van der Waals surface area contributed by atoms with Crippen LogP contribution < -0.4 is 0 Å². The Bertz CT molecular complexity index is 2490. The van der Waals surface area contributed by atoms with Gasteiger partial charge in [0.1, 0.15) is 10.8 Å². The summed E-state index contributed by atoms with van der Waals surface area (Å²) in [7, 11) is 0. The first kappa shape index (κ1) is 34.4. The Labute approximate surface area is 332 Å². The van der Waals surface area contributed by atoms with E-state index in [-0.39, 0.29) is 11.6 Å². The predicted octanol–water partition coefficient (Wildman–Crippen LogP) is 12.5. The van der Waals surface area contributed by atoms with Crippen LogP contribution in [0.1, 0.15) is 69.5 Å². The molecule has 0 N–H and O–H groups in total.